The molecular formula is C18H17FN5O-. The molecule has 7 heteroatoms. The summed E-state index contributed by atoms with van der Waals surface area (Å²) < 4.78 is 13.0. The van der Waals surface area contributed by atoms with Crippen molar-refractivity contribution in [3.8, 4) is 0 Å². The highest BCUT2D eigenvalue weighted by Gasteiger charge is 2.21. The van der Waals surface area contributed by atoms with E-state index < -0.39 is 5.92 Å². The molecule has 3 aromatic rings. The van der Waals surface area contributed by atoms with Crippen LogP contribution in [0.5, 0.6) is 0 Å². The summed E-state index contributed by atoms with van der Waals surface area (Å²) in [4.78, 5) is 12.7. The first-order chi connectivity index (χ1) is 12.2. The van der Waals surface area contributed by atoms with Gasteiger partial charge in [0.2, 0.25) is 5.91 Å². The fraction of sp³-hybridized carbons (Fsp3) is 0.222. The number of hydrogen-bond acceptors (Lipinski definition) is 4. The molecule has 0 spiro atoms. The maximum absolute atomic E-state index is 13.0. The van der Waals surface area contributed by atoms with Gasteiger partial charge in [0.15, 0.2) is 0 Å². The van der Waals surface area contributed by atoms with Crippen LogP contribution in [-0.4, -0.2) is 21.4 Å². The molecule has 0 radical (unpaired) electrons. The molecular weight excluding hydrogens is 321 g/mol. The molecule has 25 heavy (non-hydrogen) atoms. The van der Waals surface area contributed by atoms with Crippen LogP contribution in [-0.2, 0) is 17.6 Å². The maximum atomic E-state index is 13.0. The number of rotatable bonds is 6. The smallest absolute Gasteiger partial charge is 0.232 e. The van der Waals surface area contributed by atoms with E-state index in [1.54, 1.807) is 0 Å². The molecule has 0 bridgehead atoms. The van der Waals surface area contributed by atoms with E-state index in [1.807, 2.05) is 24.3 Å². The molecule has 0 aliphatic carbocycles. The summed E-state index contributed by atoms with van der Waals surface area (Å²) in [6.07, 6.45) is 1.37. The van der Waals surface area contributed by atoms with E-state index in [1.165, 1.54) is 29.8 Å². The van der Waals surface area contributed by atoms with Gasteiger partial charge in [-0.1, -0.05) is 31.2 Å². The molecule has 6 nitrogen and oxygen atoms in total. The molecule has 0 aliphatic heterocycles. The molecule has 0 saturated carbocycles. The van der Waals surface area contributed by atoms with Crippen LogP contribution < -0.4 is 10.4 Å². The number of tetrazole rings is 1. The number of nitrogens with zero attached hydrogens (tertiary/aromatic N) is 4. The lowest BCUT2D eigenvalue weighted by atomic mass is 9.96. The quantitative estimate of drug-likeness (QED) is 0.747. The summed E-state index contributed by atoms with van der Waals surface area (Å²) in [5, 5.41) is 17.4. The normalized spacial score (nSPS) is 11.9. The average Bonchev–Trinajstić information content (AvgIpc) is 3.16. The Bertz CT molecular complexity index is 816. The second-order valence-corrected chi connectivity index (χ2v) is 5.66. The molecule has 1 aromatic heterocycles. The third-order valence-corrected chi connectivity index (χ3v) is 3.95. The highest BCUT2D eigenvalue weighted by Crippen LogP contribution is 2.20. The Kier molecular flexibility index (Phi) is 5.13. The first kappa shape index (κ1) is 16.8. The fourth-order valence-electron chi connectivity index (χ4n) is 2.50. The minimum Gasteiger partial charge on any atom is -0.335 e. The lowest BCUT2D eigenvalue weighted by molar-refractivity contribution is -0.117. The third-order valence-electron chi connectivity index (χ3n) is 3.95. The number of amides is 1. The van der Waals surface area contributed by atoms with Gasteiger partial charge >= 0.3 is 0 Å². The summed E-state index contributed by atoms with van der Waals surface area (Å²) in [5.41, 5.74) is 2.72. The molecule has 1 amide bonds. The zero-order chi connectivity index (χ0) is 17.6. The molecule has 1 atom stereocenters. The van der Waals surface area contributed by atoms with Crippen LogP contribution in [0.1, 0.15) is 29.8 Å². The van der Waals surface area contributed by atoms with Crippen LogP contribution >= 0.6 is 0 Å². The van der Waals surface area contributed by atoms with Crippen LogP contribution in [0.2, 0.25) is 0 Å². The van der Waals surface area contributed by atoms with Crippen LogP contribution in [0.4, 0.5) is 10.1 Å². The van der Waals surface area contributed by atoms with E-state index in [2.05, 4.69) is 32.9 Å². The number of hydrogen-bond donors (Lipinski definition) is 1. The summed E-state index contributed by atoms with van der Waals surface area (Å²) in [5.74, 6) is -1.02. The SMILES string of the molecule is CCc1ccc(C[C@@H](C(=O)Nc2ccc(F)cc2)c2nnn[n-]2)cc1. The molecule has 2 aromatic carbocycles. The van der Waals surface area contributed by atoms with Gasteiger partial charge in [-0.15, -0.1) is 0 Å². The number of anilines is 1. The van der Waals surface area contributed by atoms with E-state index >= 15 is 0 Å². The van der Waals surface area contributed by atoms with Gasteiger partial charge in [0.05, 0.1) is 5.92 Å². The van der Waals surface area contributed by atoms with Crippen molar-refractivity contribution in [3.63, 3.8) is 0 Å². The first-order valence-electron chi connectivity index (χ1n) is 7.98. The second-order valence-electron chi connectivity index (χ2n) is 5.66. The molecule has 3 rings (SSSR count). The lowest BCUT2D eigenvalue weighted by Crippen LogP contribution is -2.24. The third kappa shape index (κ3) is 4.26. The highest BCUT2D eigenvalue weighted by molar-refractivity contribution is 5.95. The minimum absolute atomic E-state index is 0.263. The molecule has 1 heterocycles. The fourth-order valence-corrected chi connectivity index (χ4v) is 2.50. The van der Waals surface area contributed by atoms with Gasteiger partial charge in [0, 0.05) is 11.5 Å². The Morgan fingerprint density at radius 1 is 1.12 bits per heavy atom. The Morgan fingerprint density at radius 3 is 2.40 bits per heavy atom. The summed E-state index contributed by atoms with van der Waals surface area (Å²) in [6, 6.07) is 13.6. The monoisotopic (exact) mass is 338 g/mol. The Morgan fingerprint density at radius 2 is 1.80 bits per heavy atom. The second kappa shape index (κ2) is 7.65. The van der Waals surface area contributed by atoms with Crippen LogP contribution in [0.25, 0.3) is 0 Å². The Balaban J connectivity index is 1.79. The van der Waals surface area contributed by atoms with Crippen molar-refractivity contribution in [2.45, 2.75) is 25.7 Å². The van der Waals surface area contributed by atoms with Crippen molar-refractivity contribution < 1.29 is 9.18 Å². The number of nitrogens with one attached hydrogen (secondary N) is 1. The predicted octanol–water partition coefficient (Wildman–Crippen LogP) is 2.50. The van der Waals surface area contributed by atoms with Crippen molar-refractivity contribution in [2.75, 3.05) is 5.32 Å². The standard InChI is InChI=1S/C18H18FN5O/c1-2-12-3-5-13(6-4-12)11-16(17-21-23-24-22-17)18(25)20-15-9-7-14(19)8-10-15/h3-10,16H,2,11H2,1H3,(H2,20,21,22,23,24,25)/p-1/t16-/m1/s1. The van der Waals surface area contributed by atoms with E-state index in [4.69, 9.17) is 0 Å². The van der Waals surface area contributed by atoms with Gasteiger partial charge < -0.3 is 10.4 Å². The minimum atomic E-state index is -0.632. The highest BCUT2D eigenvalue weighted by atomic mass is 19.1. The largest absolute Gasteiger partial charge is 0.335 e. The molecule has 0 aliphatic rings. The zero-order valence-corrected chi connectivity index (χ0v) is 13.7. The van der Waals surface area contributed by atoms with E-state index in [-0.39, 0.29) is 17.5 Å². The molecule has 0 unspecified atom stereocenters. The number of carbonyl (C=O) groups excluding carboxylic acids is 1. The zero-order valence-electron chi connectivity index (χ0n) is 13.7. The van der Waals surface area contributed by atoms with Gasteiger partial charge in [-0.3, -0.25) is 15.1 Å². The van der Waals surface area contributed by atoms with Gasteiger partial charge in [0.25, 0.3) is 0 Å². The predicted molar refractivity (Wildman–Crippen MR) is 90.4 cm³/mol. The average molecular weight is 338 g/mol. The van der Waals surface area contributed by atoms with E-state index in [0.717, 1.165) is 12.0 Å². The number of aryl methyl sites for hydroxylation is 1. The summed E-state index contributed by atoms with van der Waals surface area (Å²) in [7, 11) is 0. The molecule has 128 valence electrons. The van der Waals surface area contributed by atoms with Crippen LogP contribution in [0.3, 0.4) is 0 Å². The number of carbonyl (C=O) groups is 1. The van der Waals surface area contributed by atoms with Gasteiger partial charge in [-0.05, 0) is 48.2 Å². The van der Waals surface area contributed by atoms with Gasteiger partial charge in [0.1, 0.15) is 5.82 Å². The molecule has 0 fully saturated rings. The molecule has 0 saturated heterocycles. The summed E-state index contributed by atoms with van der Waals surface area (Å²) in [6.45, 7) is 2.09. The van der Waals surface area contributed by atoms with Crippen molar-refractivity contribution in [1.29, 1.82) is 0 Å². The van der Waals surface area contributed by atoms with Crippen LogP contribution in [0.15, 0.2) is 48.5 Å². The Hall–Kier alpha value is -3.09. The van der Waals surface area contributed by atoms with E-state index in [9.17, 15) is 9.18 Å². The van der Waals surface area contributed by atoms with Crippen molar-refractivity contribution in [1.82, 2.24) is 20.6 Å². The summed E-state index contributed by atoms with van der Waals surface area (Å²) >= 11 is 0. The topological polar surface area (TPSA) is 81.9 Å². The van der Waals surface area contributed by atoms with Gasteiger partial charge in [-0.25, -0.2) is 4.39 Å². The van der Waals surface area contributed by atoms with Gasteiger partial charge in [-0.2, -0.15) is 5.21 Å². The molecule has 1 N–H and O–H groups in total. The number of halogens is 1. The lowest BCUT2D eigenvalue weighted by Gasteiger charge is -2.17. The maximum Gasteiger partial charge on any atom is 0.232 e. The number of benzene rings is 2. The number of aromatic nitrogens is 4. The van der Waals surface area contributed by atoms with E-state index in [0.29, 0.717) is 12.1 Å². The van der Waals surface area contributed by atoms with Crippen molar-refractivity contribution in [3.05, 3.63) is 71.3 Å². The first-order valence-corrected chi connectivity index (χ1v) is 7.98. The Labute approximate surface area is 144 Å². The van der Waals surface area contributed by atoms with Crippen molar-refractivity contribution in [2.24, 2.45) is 0 Å². The van der Waals surface area contributed by atoms with Crippen molar-refractivity contribution >= 4 is 11.6 Å². The van der Waals surface area contributed by atoms with Crippen LogP contribution in [0, 0.1) is 5.82 Å².